The van der Waals surface area contributed by atoms with Crippen LogP contribution >= 0.6 is 0 Å². The van der Waals surface area contributed by atoms with E-state index in [4.69, 9.17) is 0 Å². The highest BCUT2D eigenvalue weighted by Crippen LogP contribution is 2.20. The molecule has 0 radical (unpaired) electrons. The molecule has 1 aromatic rings. The van der Waals surface area contributed by atoms with Gasteiger partial charge in [-0.05, 0) is 25.2 Å². The van der Waals surface area contributed by atoms with E-state index in [-0.39, 0.29) is 17.9 Å². The maximum Gasteiger partial charge on any atom is 0.242 e. The molecule has 2 N–H and O–H groups in total. The zero-order valence-corrected chi connectivity index (χ0v) is 13.1. The average Bonchev–Trinajstić information content (AvgIpc) is 2.53. The third-order valence-corrected chi connectivity index (χ3v) is 3.83. The molecule has 2 heterocycles. The fourth-order valence-electron chi connectivity index (χ4n) is 2.57. The van der Waals surface area contributed by atoms with Crippen molar-refractivity contribution in [1.82, 2.24) is 15.3 Å². The summed E-state index contributed by atoms with van der Waals surface area (Å²) in [6, 6.07) is 1.64. The molecule has 0 spiro atoms. The van der Waals surface area contributed by atoms with Crippen molar-refractivity contribution in [3.8, 4) is 0 Å². The second kappa shape index (κ2) is 7.24. The van der Waals surface area contributed by atoms with Gasteiger partial charge in [0, 0.05) is 26.2 Å². The summed E-state index contributed by atoms with van der Waals surface area (Å²) in [6.07, 6.45) is 5.27. The maximum atomic E-state index is 11.9. The van der Waals surface area contributed by atoms with Crippen LogP contribution in [0.5, 0.6) is 0 Å². The van der Waals surface area contributed by atoms with E-state index in [9.17, 15) is 4.79 Å². The van der Waals surface area contributed by atoms with Gasteiger partial charge in [-0.3, -0.25) is 4.79 Å². The molecule has 1 atom stereocenters. The largest absolute Gasteiger partial charge is 0.358 e. The van der Waals surface area contributed by atoms with Crippen LogP contribution in [0.25, 0.3) is 0 Å². The third-order valence-electron chi connectivity index (χ3n) is 3.83. The van der Waals surface area contributed by atoms with Gasteiger partial charge in [-0.2, -0.15) is 0 Å². The molecule has 2 rings (SSSR count). The van der Waals surface area contributed by atoms with Gasteiger partial charge in [0.1, 0.15) is 24.0 Å². The summed E-state index contributed by atoms with van der Waals surface area (Å²) < 4.78 is 0. The molecule has 6 nitrogen and oxygen atoms in total. The van der Waals surface area contributed by atoms with Crippen molar-refractivity contribution in [2.24, 2.45) is 5.92 Å². The van der Waals surface area contributed by atoms with Gasteiger partial charge in [0.2, 0.25) is 5.91 Å². The molecule has 0 bridgehead atoms. The number of likely N-dealkylation sites (N-methyl/N-ethyl adjacent to an activating group) is 1. The van der Waals surface area contributed by atoms with Crippen molar-refractivity contribution in [2.45, 2.75) is 39.2 Å². The second-order valence-electron chi connectivity index (χ2n) is 5.79. The van der Waals surface area contributed by atoms with Crippen molar-refractivity contribution < 1.29 is 4.79 Å². The molecule has 1 aromatic heterocycles. The van der Waals surface area contributed by atoms with Gasteiger partial charge < -0.3 is 15.5 Å². The predicted octanol–water partition coefficient (Wildman–Crippen LogP) is 1.65. The van der Waals surface area contributed by atoms with E-state index >= 15 is 0 Å². The Morgan fingerprint density at radius 1 is 1.24 bits per heavy atom. The number of aromatic nitrogens is 2. The summed E-state index contributed by atoms with van der Waals surface area (Å²) >= 11 is 0. The number of carbonyl (C=O) groups excluding carboxylic acids is 1. The van der Waals surface area contributed by atoms with Gasteiger partial charge in [0.25, 0.3) is 0 Å². The van der Waals surface area contributed by atoms with Crippen LogP contribution in [0.1, 0.15) is 33.1 Å². The topological polar surface area (TPSA) is 70.2 Å². The number of rotatable bonds is 5. The summed E-state index contributed by atoms with van der Waals surface area (Å²) in [5.74, 6) is 1.79. The molecule has 0 aromatic carbocycles. The Balaban J connectivity index is 2.10. The fourth-order valence-corrected chi connectivity index (χ4v) is 2.57. The molecule has 1 aliphatic rings. The quantitative estimate of drug-likeness (QED) is 0.863. The Kier molecular flexibility index (Phi) is 5.36. The molecular formula is C15H25N5O. The molecule has 1 saturated heterocycles. The van der Waals surface area contributed by atoms with Gasteiger partial charge in [-0.25, -0.2) is 9.97 Å². The number of carbonyl (C=O) groups is 1. The zero-order chi connectivity index (χ0) is 15.2. The summed E-state index contributed by atoms with van der Waals surface area (Å²) in [5, 5.41) is 5.91. The van der Waals surface area contributed by atoms with Crippen LogP contribution in [0.15, 0.2) is 12.4 Å². The normalized spacial score (nSPS) is 16.7. The standard InChI is InChI=1S/C15H25N5O/c1-11(2)14(15(21)16-3)19-12-9-13(18-10-17-12)20-7-5-4-6-8-20/h9-11,14H,4-8H2,1-3H3,(H,16,21)(H,17,18,19). The molecule has 1 unspecified atom stereocenters. The van der Waals surface area contributed by atoms with E-state index < -0.39 is 0 Å². The molecule has 21 heavy (non-hydrogen) atoms. The number of hydrogen-bond donors (Lipinski definition) is 2. The van der Waals surface area contributed by atoms with Crippen LogP contribution in [0.2, 0.25) is 0 Å². The summed E-state index contributed by atoms with van der Waals surface area (Å²) in [7, 11) is 1.65. The van der Waals surface area contributed by atoms with Gasteiger partial charge in [-0.1, -0.05) is 13.8 Å². The Bertz CT molecular complexity index is 471. The van der Waals surface area contributed by atoms with Gasteiger partial charge in [0.15, 0.2) is 0 Å². The van der Waals surface area contributed by atoms with Crippen LogP contribution in [-0.2, 0) is 4.79 Å². The van der Waals surface area contributed by atoms with Crippen LogP contribution < -0.4 is 15.5 Å². The molecule has 6 heteroatoms. The summed E-state index contributed by atoms with van der Waals surface area (Å²) in [6.45, 7) is 6.11. The summed E-state index contributed by atoms with van der Waals surface area (Å²) in [4.78, 5) is 22.8. The van der Waals surface area contributed by atoms with E-state index in [0.717, 1.165) is 18.9 Å². The highest BCUT2D eigenvalue weighted by atomic mass is 16.2. The van der Waals surface area contributed by atoms with Crippen molar-refractivity contribution in [3.05, 3.63) is 12.4 Å². The van der Waals surface area contributed by atoms with E-state index in [1.807, 2.05) is 19.9 Å². The minimum Gasteiger partial charge on any atom is -0.358 e. The van der Waals surface area contributed by atoms with Gasteiger partial charge in [0.05, 0.1) is 0 Å². The molecule has 1 fully saturated rings. The zero-order valence-electron chi connectivity index (χ0n) is 13.1. The summed E-state index contributed by atoms with van der Waals surface area (Å²) in [5.41, 5.74) is 0. The lowest BCUT2D eigenvalue weighted by atomic mass is 10.0. The van der Waals surface area contributed by atoms with Crippen LogP contribution in [0.3, 0.4) is 0 Å². The van der Waals surface area contributed by atoms with E-state index in [1.54, 1.807) is 13.4 Å². The molecule has 1 amide bonds. The average molecular weight is 291 g/mol. The molecule has 0 aliphatic carbocycles. The highest BCUT2D eigenvalue weighted by Gasteiger charge is 2.22. The number of amides is 1. The van der Waals surface area contributed by atoms with Gasteiger partial charge in [-0.15, -0.1) is 0 Å². The van der Waals surface area contributed by atoms with Crippen LogP contribution in [0, 0.1) is 5.92 Å². The van der Waals surface area contributed by atoms with E-state index in [1.165, 1.54) is 19.3 Å². The van der Waals surface area contributed by atoms with Crippen molar-refractivity contribution in [2.75, 3.05) is 30.4 Å². The molecular weight excluding hydrogens is 266 g/mol. The number of nitrogens with zero attached hydrogens (tertiary/aromatic N) is 3. The lowest BCUT2D eigenvalue weighted by Crippen LogP contribution is -2.41. The second-order valence-corrected chi connectivity index (χ2v) is 5.79. The number of anilines is 2. The van der Waals surface area contributed by atoms with Crippen LogP contribution in [-0.4, -0.2) is 42.1 Å². The number of nitrogens with one attached hydrogen (secondary N) is 2. The Hall–Kier alpha value is -1.85. The smallest absolute Gasteiger partial charge is 0.242 e. The third kappa shape index (κ3) is 4.06. The van der Waals surface area contributed by atoms with Crippen molar-refractivity contribution in [1.29, 1.82) is 0 Å². The minimum atomic E-state index is -0.292. The van der Waals surface area contributed by atoms with Gasteiger partial charge >= 0.3 is 0 Å². The molecule has 0 saturated carbocycles. The minimum absolute atomic E-state index is 0.0249. The maximum absolute atomic E-state index is 11.9. The first-order valence-electron chi connectivity index (χ1n) is 7.67. The molecule has 116 valence electrons. The van der Waals surface area contributed by atoms with E-state index in [2.05, 4.69) is 25.5 Å². The predicted molar refractivity (Wildman–Crippen MR) is 84.4 cm³/mol. The fraction of sp³-hybridized carbons (Fsp3) is 0.667. The Labute approximate surface area is 126 Å². The van der Waals surface area contributed by atoms with Crippen molar-refractivity contribution in [3.63, 3.8) is 0 Å². The first-order valence-corrected chi connectivity index (χ1v) is 7.67. The first kappa shape index (κ1) is 15.5. The number of hydrogen-bond acceptors (Lipinski definition) is 5. The SMILES string of the molecule is CNC(=O)C(Nc1cc(N2CCCCC2)ncn1)C(C)C. The monoisotopic (exact) mass is 291 g/mol. The van der Waals surface area contributed by atoms with Crippen molar-refractivity contribution >= 4 is 17.5 Å². The Morgan fingerprint density at radius 2 is 1.95 bits per heavy atom. The van der Waals surface area contributed by atoms with E-state index in [0.29, 0.717) is 5.82 Å². The lowest BCUT2D eigenvalue weighted by Gasteiger charge is -2.28. The number of piperidine rings is 1. The Morgan fingerprint density at radius 3 is 2.57 bits per heavy atom. The van der Waals surface area contributed by atoms with Crippen LogP contribution in [0.4, 0.5) is 11.6 Å². The highest BCUT2D eigenvalue weighted by molar-refractivity contribution is 5.84. The lowest BCUT2D eigenvalue weighted by molar-refractivity contribution is -0.122. The first-order chi connectivity index (χ1) is 10.1. The molecule has 1 aliphatic heterocycles.